The number of nitrogen functional groups attached to an aromatic ring is 1. The molecule has 2 aromatic rings. The van der Waals surface area contributed by atoms with Crippen molar-refractivity contribution in [1.29, 1.82) is 0 Å². The zero-order chi connectivity index (χ0) is 14.0. The number of methoxy groups -OCH3 is 1. The maximum Gasteiger partial charge on any atom is 0.145 e. The van der Waals surface area contributed by atoms with Crippen molar-refractivity contribution in [2.24, 2.45) is 0 Å². The Labute approximate surface area is 114 Å². The van der Waals surface area contributed by atoms with E-state index < -0.39 is 0 Å². The Hall–Kier alpha value is -2.16. The summed E-state index contributed by atoms with van der Waals surface area (Å²) in [6, 6.07) is 12.1. The number of ether oxygens (including phenoxy) is 1. The fourth-order valence-corrected chi connectivity index (χ4v) is 2.32. The van der Waals surface area contributed by atoms with Crippen LogP contribution in [0.3, 0.4) is 0 Å². The smallest absolute Gasteiger partial charge is 0.145 e. The largest absolute Gasteiger partial charge is 0.494 e. The zero-order valence-electron chi connectivity index (χ0n) is 11.9. The van der Waals surface area contributed by atoms with Crippen molar-refractivity contribution in [2.75, 3.05) is 24.8 Å². The highest BCUT2D eigenvalue weighted by Crippen LogP contribution is 2.36. The third kappa shape index (κ3) is 2.65. The summed E-state index contributed by atoms with van der Waals surface area (Å²) in [5, 5.41) is 0. The van der Waals surface area contributed by atoms with Crippen molar-refractivity contribution in [1.82, 2.24) is 0 Å². The molecule has 0 saturated carbocycles. The number of benzene rings is 2. The second-order valence-electron chi connectivity index (χ2n) is 4.79. The lowest BCUT2D eigenvalue weighted by Gasteiger charge is -2.24. The van der Waals surface area contributed by atoms with E-state index in [9.17, 15) is 0 Å². The topological polar surface area (TPSA) is 38.5 Å². The fourth-order valence-electron chi connectivity index (χ4n) is 2.32. The summed E-state index contributed by atoms with van der Waals surface area (Å²) in [5.74, 6) is 0.899. The van der Waals surface area contributed by atoms with Gasteiger partial charge in [0.15, 0.2) is 0 Å². The van der Waals surface area contributed by atoms with Crippen LogP contribution in [0.4, 0.5) is 17.1 Å². The van der Waals surface area contributed by atoms with Crippen LogP contribution in [0.2, 0.25) is 0 Å². The van der Waals surface area contributed by atoms with E-state index in [4.69, 9.17) is 10.5 Å². The molecular weight excluding hydrogens is 236 g/mol. The number of anilines is 3. The summed E-state index contributed by atoms with van der Waals surface area (Å²) >= 11 is 0. The number of nitrogens with zero attached hydrogens (tertiary/aromatic N) is 1. The van der Waals surface area contributed by atoms with Gasteiger partial charge in [0.2, 0.25) is 0 Å². The van der Waals surface area contributed by atoms with Crippen LogP contribution in [0, 0.1) is 13.8 Å². The van der Waals surface area contributed by atoms with E-state index >= 15 is 0 Å². The minimum Gasteiger partial charge on any atom is -0.494 e. The van der Waals surface area contributed by atoms with Gasteiger partial charge in [-0.2, -0.15) is 0 Å². The molecule has 0 aromatic heterocycles. The van der Waals surface area contributed by atoms with Crippen LogP contribution in [0.5, 0.6) is 5.75 Å². The molecule has 0 amide bonds. The van der Waals surface area contributed by atoms with Crippen LogP contribution in [-0.4, -0.2) is 14.2 Å². The van der Waals surface area contributed by atoms with Gasteiger partial charge in [0, 0.05) is 18.4 Å². The van der Waals surface area contributed by atoms with Gasteiger partial charge >= 0.3 is 0 Å². The Kier molecular flexibility index (Phi) is 3.65. The first-order chi connectivity index (χ1) is 9.02. The van der Waals surface area contributed by atoms with Crippen LogP contribution in [0.15, 0.2) is 36.4 Å². The number of nitrogens with two attached hydrogens (primary N) is 1. The average molecular weight is 256 g/mol. The summed E-state index contributed by atoms with van der Waals surface area (Å²) in [4.78, 5) is 2.09. The standard InChI is InChI=1S/C16H20N2O/c1-11-8-12(2)16(19-4)15(9-11)18(3)14-7-5-6-13(17)10-14/h5-10H,17H2,1-4H3. The Morgan fingerprint density at radius 2 is 1.84 bits per heavy atom. The van der Waals surface area contributed by atoms with E-state index in [1.165, 1.54) is 5.56 Å². The van der Waals surface area contributed by atoms with Gasteiger partial charge in [-0.15, -0.1) is 0 Å². The maximum atomic E-state index is 5.85. The molecule has 2 rings (SSSR count). The Bertz CT molecular complexity index is 593. The van der Waals surface area contributed by atoms with Gasteiger partial charge in [0.05, 0.1) is 12.8 Å². The van der Waals surface area contributed by atoms with Crippen LogP contribution >= 0.6 is 0 Å². The summed E-state index contributed by atoms with van der Waals surface area (Å²) in [6.45, 7) is 4.14. The van der Waals surface area contributed by atoms with Crippen LogP contribution in [0.1, 0.15) is 11.1 Å². The maximum absolute atomic E-state index is 5.85. The first-order valence-electron chi connectivity index (χ1n) is 6.27. The third-order valence-electron chi connectivity index (χ3n) is 3.22. The van der Waals surface area contributed by atoms with Gasteiger partial charge in [0.25, 0.3) is 0 Å². The minimum absolute atomic E-state index is 0.757. The third-order valence-corrected chi connectivity index (χ3v) is 3.22. The van der Waals surface area contributed by atoms with Crippen molar-refractivity contribution in [3.8, 4) is 5.75 Å². The molecule has 0 fully saturated rings. The molecule has 2 N–H and O–H groups in total. The SMILES string of the molecule is COc1c(C)cc(C)cc1N(C)c1cccc(N)c1. The molecule has 0 radical (unpaired) electrons. The molecule has 0 atom stereocenters. The first-order valence-corrected chi connectivity index (χ1v) is 6.27. The van der Waals surface area contributed by atoms with Crippen molar-refractivity contribution in [3.05, 3.63) is 47.5 Å². The van der Waals surface area contributed by atoms with E-state index in [0.29, 0.717) is 0 Å². The molecule has 19 heavy (non-hydrogen) atoms. The second-order valence-corrected chi connectivity index (χ2v) is 4.79. The molecule has 0 aliphatic carbocycles. The van der Waals surface area contributed by atoms with Gasteiger partial charge in [-0.05, 0) is 49.2 Å². The van der Waals surface area contributed by atoms with Crippen molar-refractivity contribution < 1.29 is 4.74 Å². The van der Waals surface area contributed by atoms with E-state index in [0.717, 1.165) is 28.4 Å². The van der Waals surface area contributed by atoms with Gasteiger partial charge in [0.1, 0.15) is 5.75 Å². The molecule has 0 heterocycles. The number of rotatable bonds is 3. The molecule has 2 aromatic carbocycles. The normalized spacial score (nSPS) is 10.3. The quantitative estimate of drug-likeness (QED) is 0.852. The van der Waals surface area contributed by atoms with Crippen molar-refractivity contribution >= 4 is 17.1 Å². The van der Waals surface area contributed by atoms with Gasteiger partial charge in [-0.25, -0.2) is 0 Å². The lowest BCUT2D eigenvalue weighted by atomic mass is 10.1. The van der Waals surface area contributed by atoms with E-state index in [1.807, 2.05) is 31.3 Å². The van der Waals surface area contributed by atoms with E-state index in [1.54, 1.807) is 7.11 Å². The Balaban J connectivity index is 2.52. The minimum atomic E-state index is 0.757. The molecule has 0 unspecified atom stereocenters. The van der Waals surface area contributed by atoms with Crippen LogP contribution in [0.25, 0.3) is 0 Å². The fraction of sp³-hybridized carbons (Fsp3) is 0.250. The number of hydrogen-bond acceptors (Lipinski definition) is 3. The second kappa shape index (κ2) is 5.22. The predicted octanol–water partition coefficient (Wildman–Crippen LogP) is 3.66. The monoisotopic (exact) mass is 256 g/mol. The Morgan fingerprint density at radius 3 is 2.47 bits per heavy atom. The highest BCUT2D eigenvalue weighted by molar-refractivity contribution is 5.72. The first kappa shape index (κ1) is 13.3. The highest BCUT2D eigenvalue weighted by Gasteiger charge is 2.13. The van der Waals surface area contributed by atoms with Gasteiger partial charge in [-0.1, -0.05) is 12.1 Å². The zero-order valence-corrected chi connectivity index (χ0v) is 11.9. The molecule has 0 aliphatic rings. The van der Waals surface area contributed by atoms with Crippen LogP contribution in [-0.2, 0) is 0 Å². The number of aryl methyl sites for hydroxylation is 2. The molecule has 0 spiro atoms. The molecule has 3 nitrogen and oxygen atoms in total. The molecule has 3 heteroatoms. The highest BCUT2D eigenvalue weighted by atomic mass is 16.5. The molecule has 100 valence electrons. The van der Waals surface area contributed by atoms with Gasteiger partial charge < -0.3 is 15.4 Å². The van der Waals surface area contributed by atoms with Crippen molar-refractivity contribution in [3.63, 3.8) is 0 Å². The van der Waals surface area contributed by atoms with Crippen LogP contribution < -0.4 is 15.4 Å². The molecule has 0 saturated heterocycles. The lowest BCUT2D eigenvalue weighted by Crippen LogP contribution is -2.12. The molecule has 0 bridgehead atoms. The summed E-state index contributed by atoms with van der Waals surface area (Å²) in [6.07, 6.45) is 0. The van der Waals surface area contributed by atoms with Gasteiger partial charge in [-0.3, -0.25) is 0 Å². The molecular formula is C16H20N2O. The average Bonchev–Trinajstić information content (AvgIpc) is 2.37. The summed E-state index contributed by atoms with van der Waals surface area (Å²) in [5.41, 5.74) is 11.0. The predicted molar refractivity (Wildman–Crippen MR) is 81.4 cm³/mol. The molecule has 0 aliphatic heterocycles. The summed E-state index contributed by atoms with van der Waals surface area (Å²) in [7, 11) is 3.72. The van der Waals surface area contributed by atoms with E-state index in [2.05, 4.69) is 30.9 Å². The number of hydrogen-bond donors (Lipinski definition) is 1. The van der Waals surface area contributed by atoms with Crippen molar-refractivity contribution in [2.45, 2.75) is 13.8 Å². The van der Waals surface area contributed by atoms with E-state index in [-0.39, 0.29) is 0 Å². The Morgan fingerprint density at radius 1 is 1.11 bits per heavy atom. The lowest BCUT2D eigenvalue weighted by molar-refractivity contribution is 0.412. The summed E-state index contributed by atoms with van der Waals surface area (Å²) < 4.78 is 5.53.